The summed E-state index contributed by atoms with van der Waals surface area (Å²) in [4.78, 5) is 2.19. The highest BCUT2D eigenvalue weighted by atomic mass is 32.1. The molecule has 2 nitrogen and oxygen atoms in total. The molecule has 0 amide bonds. The van der Waals surface area contributed by atoms with Crippen LogP contribution in [0.5, 0.6) is 0 Å². The Balaban J connectivity index is 2.91. The second-order valence-electron chi connectivity index (χ2n) is 2.79. The molecular weight excluding hydrogens is 144 g/mol. The quantitative estimate of drug-likeness (QED) is 0.353. The lowest BCUT2D eigenvalue weighted by atomic mass is 10.4. The predicted molar refractivity (Wildman–Crippen MR) is 49.6 cm³/mol. The van der Waals surface area contributed by atoms with Gasteiger partial charge in [-0.25, -0.2) is 0 Å². The van der Waals surface area contributed by atoms with Crippen LogP contribution in [0.2, 0.25) is 0 Å². The highest BCUT2D eigenvalue weighted by Gasteiger charge is 1.92. The highest BCUT2D eigenvalue weighted by Crippen LogP contribution is 1.87. The van der Waals surface area contributed by atoms with Crippen LogP contribution in [0.3, 0.4) is 0 Å². The van der Waals surface area contributed by atoms with Crippen molar-refractivity contribution in [1.29, 1.82) is 0 Å². The Kier molecular flexibility index (Phi) is 6.17. The first kappa shape index (κ1) is 10.3. The summed E-state index contributed by atoms with van der Waals surface area (Å²) in [6, 6.07) is 0. The second kappa shape index (κ2) is 6.01. The third kappa shape index (κ3) is 8.27. The Morgan fingerprint density at radius 2 is 2.10 bits per heavy atom. The molecule has 0 bridgehead atoms. The van der Waals surface area contributed by atoms with E-state index < -0.39 is 0 Å². The standard InChI is InChI=1S/C7H18N2S/c1-7(10)8-5-4-6-9(2)3/h7-8,10H,4-6H2,1-3H3. The molecule has 0 saturated heterocycles. The maximum Gasteiger partial charge on any atom is 0.0473 e. The molecule has 0 aliphatic heterocycles. The highest BCUT2D eigenvalue weighted by molar-refractivity contribution is 7.80. The third-order valence-corrected chi connectivity index (χ3v) is 1.40. The van der Waals surface area contributed by atoms with Crippen LogP contribution < -0.4 is 5.32 Å². The summed E-state index contributed by atoms with van der Waals surface area (Å²) >= 11 is 4.20. The van der Waals surface area contributed by atoms with Crippen LogP contribution in [0.15, 0.2) is 0 Å². The number of hydrogen-bond acceptors (Lipinski definition) is 3. The van der Waals surface area contributed by atoms with Crippen molar-refractivity contribution in [3.8, 4) is 0 Å². The van der Waals surface area contributed by atoms with Gasteiger partial charge in [0.1, 0.15) is 0 Å². The van der Waals surface area contributed by atoms with Gasteiger partial charge in [0.05, 0.1) is 0 Å². The van der Waals surface area contributed by atoms with Gasteiger partial charge in [0.15, 0.2) is 0 Å². The molecule has 1 unspecified atom stereocenters. The molecule has 0 saturated carbocycles. The molecule has 0 rings (SSSR count). The van der Waals surface area contributed by atoms with E-state index in [-0.39, 0.29) is 0 Å². The van der Waals surface area contributed by atoms with E-state index in [1.807, 2.05) is 6.92 Å². The predicted octanol–water partition coefficient (Wildman–Crippen LogP) is 0.803. The average Bonchev–Trinajstić information content (AvgIpc) is 1.79. The van der Waals surface area contributed by atoms with Crippen LogP contribution in [0.25, 0.3) is 0 Å². The van der Waals surface area contributed by atoms with Gasteiger partial charge in [0.2, 0.25) is 0 Å². The fraction of sp³-hybridized carbons (Fsp3) is 1.00. The van der Waals surface area contributed by atoms with Crippen LogP contribution in [0, 0.1) is 0 Å². The van der Waals surface area contributed by atoms with Crippen molar-refractivity contribution in [2.45, 2.75) is 18.7 Å². The van der Waals surface area contributed by atoms with Crippen molar-refractivity contribution >= 4 is 12.6 Å². The summed E-state index contributed by atoms with van der Waals surface area (Å²) in [6.07, 6.45) is 1.19. The Labute approximate surface area is 69.4 Å². The number of thiol groups is 1. The molecule has 0 aliphatic carbocycles. The van der Waals surface area contributed by atoms with Crippen molar-refractivity contribution in [3.63, 3.8) is 0 Å². The lowest BCUT2D eigenvalue weighted by molar-refractivity contribution is 0.394. The Bertz CT molecular complexity index is 64.0. The summed E-state index contributed by atoms with van der Waals surface area (Å²) in [5, 5.41) is 3.56. The van der Waals surface area contributed by atoms with E-state index in [1.165, 1.54) is 6.42 Å². The zero-order valence-corrected chi connectivity index (χ0v) is 7.99. The van der Waals surface area contributed by atoms with Crippen LogP contribution in [-0.2, 0) is 0 Å². The van der Waals surface area contributed by atoms with Gasteiger partial charge in [-0.15, -0.1) is 0 Å². The van der Waals surface area contributed by atoms with Gasteiger partial charge < -0.3 is 10.2 Å². The first-order chi connectivity index (χ1) is 4.63. The molecule has 0 aromatic heterocycles. The van der Waals surface area contributed by atoms with Crippen molar-refractivity contribution in [2.24, 2.45) is 0 Å². The zero-order valence-electron chi connectivity index (χ0n) is 7.09. The minimum absolute atomic E-state index is 0.321. The number of rotatable bonds is 5. The van der Waals surface area contributed by atoms with Crippen molar-refractivity contribution in [1.82, 2.24) is 10.2 Å². The molecule has 62 valence electrons. The van der Waals surface area contributed by atoms with Gasteiger partial charge in [-0.05, 0) is 40.5 Å². The van der Waals surface area contributed by atoms with Crippen molar-refractivity contribution in [3.05, 3.63) is 0 Å². The molecule has 0 fully saturated rings. The fourth-order valence-electron chi connectivity index (χ4n) is 0.706. The maximum absolute atomic E-state index is 4.20. The maximum atomic E-state index is 4.20. The van der Waals surface area contributed by atoms with Gasteiger partial charge in [-0.1, -0.05) is 0 Å². The number of nitrogens with one attached hydrogen (secondary N) is 1. The molecule has 1 N–H and O–H groups in total. The lowest BCUT2D eigenvalue weighted by Gasteiger charge is -2.10. The molecule has 0 radical (unpaired) electrons. The first-order valence-electron chi connectivity index (χ1n) is 3.69. The summed E-state index contributed by atoms with van der Waals surface area (Å²) in [5.74, 6) is 0. The van der Waals surface area contributed by atoms with Gasteiger partial charge in [-0.2, -0.15) is 12.6 Å². The number of hydrogen-bond donors (Lipinski definition) is 2. The number of nitrogens with zero attached hydrogens (tertiary/aromatic N) is 1. The molecular formula is C7H18N2S. The SMILES string of the molecule is CC(S)NCCCN(C)C. The monoisotopic (exact) mass is 162 g/mol. The fourth-order valence-corrected chi connectivity index (χ4v) is 0.835. The van der Waals surface area contributed by atoms with E-state index in [0.717, 1.165) is 13.1 Å². The Morgan fingerprint density at radius 3 is 2.50 bits per heavy atom. The summed E-state index contributed by atoms with van der Waals surface area (Å²) in [7, 11) is 4.17. The van der Waals surface area contributed by atoms with Gasteiger partial charge in [-0.3, -0.25) is 0 Å². The van der Waals surface area contributed by atoms with Gasteiger partial charge in [0, 0.05) is 5.37 Å². The molecule has 0 spiro atoms. The molecule has 0 aliphatic rings. The smallest absolute Gasteiger partial charge is 0.0473 e. The van der Waals surface area contributed by atoms with E-state index in [4.69, 9.17) is 0 Å². The Hall–Kier alpha value is 0.270. The summed E-state index contributed by atoms with van der Waals surface area (Å²) < 4.78 is 0. The Morgan fingerprint density at radius 1 is 1.50 bits per heavy atom. The lowest BCUT2D eigenvalue weighted by Crippen LogP contribution is -2.25. The molecule has 0 aromatic carbocycles. The molecule has 10 heavy (non-hydrogen) atoms. The third-order valence-electron chi connectivity index (χ3n) is 1.22. The first-order valence-corrected chi connectivity index (χ1v) is 4.20. The van der Waals surface area contributed by atoms with E-state index in [1.54, 1.807) is 0 Å². The van der Waals surface area contributed by atoms with E-state index >= 15 is 0 Å². The molecule has 0 heterocycles. The molecule has 1 atom stereocenters. The second-order valence-corrected chi connectivity index (χ2v) is 3.56. The summed E-state index contributed by atoms with van der Waals surface area (Å²) in [6.45, 7) is 4.25. The van der Waals surface area contributed by atoms with Gasteiger partial charge in [0.25, 0.3) is 0 Å². The molecule has 3 heteroatoms. The van der Waals surface area contributed by atoms with Crippen LogP contribution >= 0.6 is 12.6 Å². The van der Waals surface area contributed by atoms with Crippen LogP contribution in [-0.4, -0.2) is 37.5 Å². The largest absolute Gasteiger partial charge is 0.309 e. The zero-order chi connectivity index (χ0) is 7.98. The van der Waals surface area contributed by atoms with E-state index in [9.17, 15) is 0 Å². The van der Waals surface area contributed by atoms with E-state index in [2.05, 4.69) is 36.9 Å². The average molecular weight is 162 g/mol. The minimum atomic E-state index is 0.321. The minimum Gasteiger partial charge on any atom is -0.309 e. The summed E-state index contributed by atoms with van der Waals surface area (Å²) in [5.41, 5.74) is 0. The topological polar surface area (TPSA) is 15.3 Å². The van der Waals surface area contributed by atoms with Crippen molar-refractivity contribution < 1.29 is 0 Å². The van der Waals surface area contributed by atoms with Gasteiger partial charge >= 0.3 is 0 Å². The molecule has 0 aromatic rings. The van der Waals surface area contributed by atoms with Crippen molar-refractivity contribution in [2.75, 3.05) is 27.2 Å². The normalized spacial score (nSPS) is 14.1. The van der Waals surface area contributed by atoms with E-state index in [0.29, 0.717) is 5.37 Å². The van der Waals surface area contributed by atoms with Crippen LogP contribution in [0.1, 0.15) is 13.3 Å². The van der Waals surface area contributed by atoms with Crippen LogP contribution in [0.4, 0.5) is 0 Å².